The van der Waals surface area contributed by atoms with E-state index in [9.17, 15) is 4.79 Å². The molecule has 20 heavy (non-hydrogen) atoms. The number of rotatable bonds is 6. The quantitative estimate of drug-likeness (QED) is 0.755. The molecule has 110 valence electrons. The van der Waals surface area contributed by atoms with Crippen molar-refractivity contribution in [2.45, 2.75) is 35.3 Å². The molecule has 2 amide bonds. The highest BCUT2D eigenvalue weighted by Crippen LogP contribution is 2.44. The van der Waals surface area contributed by atoms with Gasteiger partial charge in [-0.15, -0.1) is 11.8 Å². The molecular formula is C15H22N2O2S. The number of nitrogens with one attached hydrogen (secondary N) is 2. The fourth-order valence-corrected chi connectivity index (χ4v) is 3.98. The van der Waals surface area contributed by atoms with Gasteiger partial charge in [0.2, 0.25) is 0 Å². The lowest BCUT2D eigenvalue weighted by molar-refractivity contribution is 0.233. The van der Waals surface area contributed by atoms with Crippen molar-refractivity contribution in [3.8, 4) is 0 Å². The van der Waals surface area contributed by atoms with Crippen molar-refractivity contribution in [1.82, 2.24) is 10.6 Å². The number of hydrogen-bond donors (Lipinski definition) is 3. The lowest BCUT2D eigenvalue weighted by Crippen LogP contribution is -2.44. The lowest BCUT2D eigenvalue weighted by atomic mass is 10.1. The van der Waals surface area contributed by atoms with Crippen molar-refractivity contribution in [2.24, 2.45) is 0 Å². The maximum atomic E-state index is 11.6. The van der Waals surface area contributed by atoms with Crippen LogP contribution in [0.25, 0.3) is 0 Å². The Morgan fingerprint density at radius 2 is 1.90 bits per heavy atom. The molecule has 1 saturated carbocycles. The summed E-state index contributed by atoms with van der Waals surface area (Å²) in [6.45, 7) is 0.936. The summed E-state index contributed by atoms with van der Waals surface area (Å²) in [5.41, 5.74) is 0. The molecule has 0 unspecified atom stereocenters. The van der Waals surface area contributed by atoms with Crippen molar-refractivity contribution in [3.05, 3.63) is 30.3 Å². The third-order valence-electron chi connectivity index (χ3n) is 3.56. The predicted molar refractivity (Wildman–Crippen MR) is 82.0 cm³/mol. The molecule has 0 bridgehead atoms. The zero-order valence-electron chi connectivity index (χ0n) is 11.6. The molecule has 1 aromatic carbocycles. The van der Waals surface area contributed by atoms with Crippen LogP contribution in [0.1, 0.15) is 25.7 Å². The van der Waals surface area contributed by atoms with Crippen LogP contribution in [0.3, 0.4) is 0 Å². The van der Waals surface area contributed by atoms with Crippen molar-refractivity contribution in [3.63, 3.8) is 0 Å². The van der Waals surface area contributed by atoms with Gasteiger partial charge in [-0.25, -0.2) is 4.79 Å². The fraction of sp³-hybridized carbons (Fsp3) is 0.533. The Bertz CT molecular complexity index is 419. The van der Waals surface area contributed by atoms with Crippen molar-refractivity contribution < 1.29 is 9.90 Å². The van der Waals surface area contributed by atoms with E-state index in [1.54, 1.807) is 0 Å². The average Bonchev–Trinajstić information content (AvgIpc) is 2.93. The molecule has 2 rings (SSSR count). The minimum atomic E-state index is -0.195. The average molecular weight is 294 g/mol. The Labute approximate surface area is 124 Å². The van der Waals surface area contributed by atoms with Gasteiger partial charge in [0.25, 0.3) is 0 Å². The van der Waals surface area contributed by atoms with E-state index in [0.717, 1.165) is 12.8 Å². The monoisotopic (exact) mass is 294 g/mol. The number of aliphatic hydroxyl groups excluding tert-OH is 1. The summed E-state index contributed by atoms with van der Waals surface area (Å²) in [4.78, 5) is 12.9. The van der Waals surface area contributed by atoms with Crippen LogP contribution in [-0.4, -0.2) is 35.6 Å². The van der Waals surface area contributed by atoms with Crippen LogP contribution in [0.5, 0.6) is 0 Å². The van der Waals surface area contributed by atoms with Gasteiger partial charge in [-0.3, -0.25) is 0 Å². The van der Waals surface area contributed by atoms with E-state index in [4.69, 9.17) is 5.11 Å². The molecule has 0 radical (unpaired) electrons. The first-order valence-corrected chi connectivity index (χ1v) is 7.92. The number of carbonyl (C=O) groups excluding carboxylic acids is 1. The molecule has 0 spiro atoms. The zero-order valence-corrected chi connectivity index (χ0v) is 12.4. The summed E-state index contributed by atoms with van der Waals surface area (Å²) in [6.07, 6.45) is 4.71. The second kappa shape index (κ2) is 7.55. The fourth-order valence-electron chi connectivity index (χ4n) is 2.55. The van der Waals surface area contributed by atoms with Gasteiger partial charge in [0.05, 0.1) is 6.61 Å². The second-order valence-corrected chi connectivity index (χ2v) is 6.68. The molecule has 1 aromatic rings. The highest BCUT2D eigenvalue weighted by atomic mass is 32.2. The third-order valence-corrected chi connectivity index (χ3v) is 5.05. The van der Waals surface area contributed by atoms with Crippen molar-refractivity contribution >= 4 is 17.8 Å². The third kappa shape index (κ3) is 4.42. The van der Waals surface area contributed by atoms with Crippen molar-refractivity contribution in [2.75, 3.05) is 19.7 Å². The van der Waals surface area contributed by atoms with Crippen molar-refractivity contribution in [1.29, 1.82) is 0 Å². The lowest BCUT2D eigenvalue weighted by Gasteiger charge is -2.28. The first kappa shape index (κ1) is 15.2. The molecule has 0 saturated heterocycles. The van der Waals surface area contributed by atoms with Crippen LogP contribution < -0.4 is 10.6 Å². The maximum absolute atomic E-state index is 11.6. The van der Waals surface area contributed by atoms with Crippen LogP contribution in [0, 0.1) is 0 Å². The van der Waals surface area contributed by atoms with E-state index < -0.39 is 0 Å². The molecule has 0 aliphatic heterocycles. The van der Waals surface area contributed by atoms with E-state index in [2.05, 4.69) is 22.8 Å². The Morgan fingerprint density at radius 1 is 1.20 bits per heavy atom. The SMILES string of the molecule is O=C(NCCO)NCC1(Sc2ccccc2)CCCC1. The Kier molecular flexibility index (Phi) is 5.73. The summed E-state index contributed by atoms with van der Waals surface area (Å²) in [5, 5.41) is 14.3. The van der Waals surface area contributed by atoms with Gasteiger partial charge in [-0.1, -0.05) is 31.0 Å². The summed E-state index contributed by atoms with van der Waals surface area (Å²) in [5.74, 6) is 0. The smallest absolute Gasteiger partial charge is 0.314 e. The number of thioether (sulfide) groups is 1. The molecular weight excluding hydrogens is 272 g/mol. The number of urea groups is 1. The summed E-state index contributed by atoms with van der Waals surface area (Å²) >= 11 is 1.87. The Hall–Kier alpha value is -1.20. The molecule has 1 aliphatic rings. The van der Waals surface area contributed by atoms with Gasteiger partial charge in [0.15, 0.2) is 0 Å². The Morgan fingerprint density at radius 3 is 2.55 bits per heavy atom. The minimum Gasteiger partial charge on any atom is -0.395 e. The van der Waals surface area contributed by atoms with Crippen LogP contribution in [-0.2, 0) is 0 Å². The van der Waals surface area contributed by atoms with E-state index in [-0.39, 0.29) is 17.4 Å². The highest BCUT2D eigenvalue weighted by Gasteiger charge is 2.35. The molecule has 1 aliphatic carbocycles. The van der Waals surface area contributed by atoms with Crippen LogP contribution in [0.2, 0.25) is 0 Å². The van der Waals surface area contributed by atoms with Crippen LogP contribution >= 0.6 is 11.8 Å². The predicted octanol–water partition coefficient (Wildman–Crippen LogP) is 2.38. The summed E-state index contributed by atoms with van der Waals surface area (Å²) < 4.78 is 0.109. The molecule has 3 N–H and O–H groups in total. The molecule has 4 nitrogen and oxygen atoms in total. The van der Waals surface area contributed by atoms with E-state index in [0.29, 0.717) is 13.1 Å². The molecule has 0 aromatic heterocycles. The first-order valence-electron chi connectivity index (χ1n) is 7.11. The molecule has 5 heteroatoms. The molecule has 0 atom stereocenters. The van der Waals surface area contributed by atoms with Crippen LogP contribution in [0.15, 0.2) is 35.2 Å². The summed E-state index contributed by atoms with van der Waals surface area (Å²) in [7, 11) is 0. The Balaban J connectivity index is 1.91. The second-order valence-electron chi connectivity index (χ2n) is 5.14. The zero-order chi connectivity index (χ0) is 14.3. The van der Waals surface area contributed by atoms with Gasteiger partial charge >= 0.3 is 6.03 Å². The number of amides is 2. The minimum absolute atomic E-state index is 0.0304. The van der Waals surface area contributed by atoms with Crippen LogP contribution in [0.4, 0.5) is 4.79 Å². The number of hydrogen-bond acceptors (Lipinski definition) is 3. The van der Waals surface area contributed by atoms with Gasteiger partial charge in [-0.2, -0.15) is 0 Å². The summed E-state index contributed by atoms with van der Waals surface area (Å²) in [6, 6.07) is 10.2. The maximum Gasteiger partial charge on any atom is 0.314 e. The first-order chi connectivity index (χ1) is 9.74. The van der Waals surface area contributed by atoms with E-state index >= 15 is 0 Å². The largest absolute Gasteiger partial charge is 0.395 e. The van der Waals surface area contributed by atoms with Gasteiger partial charge in [-0.05, 0) is 25.0 Å². The van der Waals surface area contributed by atoms with Gasteiger partial charge < -0.3 is 15.7 Å². The number of aliphatic hydroxyl groups is 1. The molecule has 0 heterocycles. The molecule has 1 fully saturated rings. The standard InChI is InChI=1S/C15H22N2O2S/c18-11-10-16-14(19)17-12-15(8-4-5-9-15)20-13-6-2-1-3-7-13/h1-3,6-7,18H,4-5,8-12H2,(H2,16,17,19). The number of carbonyl (C=O) groups is 1. The highest BCUT2D eigenvalue weighted by molar-refractivity contribution is 8.00. The number of benzene rings is 1. The van der Waals surface area contributed by atoms with Gasteiger partial charge in [0, 0.05) is 22.7 Å². The van der Waals surface area contributed by atoms with Gasteiger partial charge in [0.1, 0.15) is 0 Å². The topological polar surface area (TPSA) is 61.4 Å². The van der Waals surface area contributed by atoms with E-state index in [1.165, 1.54) is 17.7 Å². The van der Waals surface area contributed by atoms with E-state index in [1.807, 2.05) is 30.0 Å². The normalized spacial score (nSPS) is 16.9.